The van der Waals surface area contributed by atoms with Gasteiger partial charge in [-0.2, -0.15) is 0 Å². The van der Waals surface area contributed by atoms with E-state index in [-0.39, 0.29) is 18.2 Å². The van der Waals surface area contributed by atoms with Crippen LogP contribution in [0.5, 0.6) is 0 Å². The third-order valence-electron chi connectivity index (χ3n) is 1.93. The quantitative estimate of drug-likeness (QED) is 0.488. The fraction of sp³-hybridized carbons (Fsp3) is 0.273. The van der Waals surface area contributed by atoms with Gasteiger partial charge < -0.3 is 11.1 Å². The highest BCUT2D eigenvalue weighted by molar-refractivity contribution is 5.97. The topological polar surface area (TPSA) is 79.0 Å². The normalized spacial score (nSPS) is 9.60. The van der Waals surface area contributed by atoms with Gasteiger partial charge in [-0.1, -0.05) is 30.3 Å². The Labute approximate surface area is 89.0 Å². The van der Waals surface area contributed by atoms with Gasteiger partial charge in [0.2, 0.25) is 5.91 Å². The first kappa shape index (κ1) is 11.2. The van der Waals surface area contributed by atoms with E-state index in [0.717, 1.165) is 6.42 Å². The fourth-order valence-corrected chi connectivity index (χ4v) is 1.23. The van der Waals surface area contributed by atoms with E-state index < -0.39 is 0 Å². The Kier molecular flexibility index (Phi) is 4.34. The number of carbonyl (C=O) groups excluding carboxylic acids is 1. The van der Waals surface area contributed by atoms with Crippen molar-refractivity contribution in [3.05, 3.63) is 35.9 Å². The number of amidine groups is 1. The summed E-state index contributed by atoms with van der Waals surface area (Å²) in [6.07, 6.45) is 0.777. The summed E-state index contributed by atoms with van der Waals surface area (Å²) in [6.45, 7) is 0.579. The summed E-state index contributed by atoms with van der Waals surface area (Å²) >= 11 is 0. The molecule has 80 valence electrons. The molecule has 4 nitrogen and oxygen atoms in total. The third kappa shape index (κ3) is 4.81. The molecular weight excluding hydrogens is 190 g/mol. The first-order valence-corrected chi connectivity index (χ1v) is 4.82. The number of hydrogen-bond donors (Lipinski definition) is 3. The molecule has 1 aromatic carbocycles. The van der Waals surface area contributed by atoms with Crippen LogP contribution in [-0.4, -0.2) is 18.3 Å². The molecule has 4 heteroatoms. The third-order valence-corrected chi connectivity index (χ3v) is 1.93. The van der Waals surface area contributed by atoms with E-state index in [0.29, 0.717) is 6.54 Å². The maximum absolute atomic E-state index is 11.1. The smallest absolute Gasteiger partial charge is 0.227 e. The number of amides is 1. The summed E-state index contributed by atoms with van der Waals surface area (Å²) in [5.74, 6) is -0.300. The molecule has 0 atom stereocenters. The highest BCUT2D eigenvalue weighted by Gasteiger charge is 2.01. The zero-order valence-electron chi connectivity index (χ0n) is 8.49. The molecule has 1 amide bonds. The first-order valence-electron chi connectivity index (χ1n) is 4.82. The van der Waals surface area contributed by atoms with Crippen molar-refractivity contribution < 1.29 is 4.79 Å². The molecule has 0 fully saturated rings. The average molecular weight is 205 g/mol. The lowest BCUT2D eigenvalue weighted by Crippen LogP contribution is -2.29. The predicted molar refractivity (Wildman–Crippen MR) is 59.7 cm³/mol. The summed E-state index contributed by atoms with van der Waals surface area (Å²) in [6, 6.07) is 9.91. The van der Waals surface area contributed by atoms with Gasteiger partial charge >= 0.3 is 0 Å². The molecule has 0 saturated heterocycles. The molecule has 0 aliphatic rings. The SMILES string of the molecule is N=C(N)CC(=O)NCCc1ccccc1. The average Bonchev–Trinajstić information content (AvgIpc) is 2.18. The zero-order valence-corrected chi connectivity index (χ0v) is 8.49. The van der Waals surface area contributed by atoms with Crippen molar-refractivity contribution >= 4 is 11.7 Å². The van der Waals surface area contributed by atoms with Gasteiger partial charge in [-0.15, -0.1) is 0 Å². The molecule has 0 aliphatic carbocycles. The number of hydrogen-bond acceptors (Lipinski definition) is 2. The van der Waals surface area contributed by atoms with Crippen molar-refractivity contribution in [3.63, 3.8) is 0 Å². The number of rotatable bonds is 5. The molecule has 0 bridgehead atoms. The van der Waals surface area contributed by atoms with E-state index in [1.165, 1.54) is 5.56 Å². The summed E-state index contributed by atoms with van der Waals surface area (Å²) < 4.78 is 0. The van der Waals surface area contributed by atoms with Crippen molar-refractivity contribution in [2.45, 2.75) is 12.8 Å². The van der Waals surface area contributed by atoms with Crippen LogP contribution in [0.4, 0.5) is 0 Å². The van der Waals surface area contributed by atoms with E-state index in [1.54, 1.807) is 0 Å². The molecule has 1 aromatic rings. The highest BCUT2D eigenvalue weighted by Crippen LogP contribution is 1.98. The van der Waals surface area contributed by atoms with Crippen molar-refractivity contribution in [2.75, 3.05) is 6.54 Å². The van der Waals surface area contributed by atoms with Crippen LogP contribution < -0.4 is 11.1 Å². The van der Waals surface area contributed by atoms with Crippen molar-refractivity contribution in [1.29, 1.82) is 5.41 Å². The van der Waals surface area contributed by atoms with Crippen LogP contribution in [0.15, 0.2) is 30.3 Å². The van der Waals surface area contributed by atoms with Gasteiger partial charge in [0.1, 0.15) is 0 Å². The Bertz CT molecular complexity index is 335. The zero-order chi connectivity index (χ0) is 11.1. The maximum atomic E-state index is 11.1. The van der Waals surface area contributed by atoms with Gasteiger partial charge in [-0.05, 0) is 12.0 Å². The molecule has 0 saturated carbocycles. The van der Waals surface area contributed by atoms with E-state index >= 15 is 0 Å². The molecular formula is C11H15N3O. The molecule has 0 aromatic heterocycles. The minimum atomic E-state index is -0.196. The van der Waals surface area contributed by atoms with Crippen LogP contribution in [0.1, 0.15) is 12.0 Å². The highest BCUT2D eigenvalue weighted by atomic mass is 16.1. The molecule has 0 radical (unpaired) electrons. The second-order valence-corrected chi connectivity index (χ2v) is 3.29. The molecule has 0 spiro atoms. The first-order chi connectivity index (χ1) is 7.18. The van der Waals surface area contributed by atoms with E-state index in [4.69, 9.17) is 11.1 Å². The monoisotopic (exact) mass is 205 g/mol. The van der Waals surface area contributed by atoms with E-state index in [9.17, 15) is 4.79 Å². The van der Waals surface area contributed by atoms with E-state index in [2.05, 4.69) is 5.32 Å². The lowest BCUT2D eigenvalue weighted by molar-refractivity contribution is -0.119. The summed E-state index contributed by atoms with van der Waals surface area (Å²) in [5, 5.41) is 9.64. The Morgan fingerprint density at radius 3 is 2.60 bits per heavy atom. The van der Waals surface area contributed by atoms with Crippen LogP contribution in [0.25, 0.3) is 0 Å². The second kappa shape index (κ2) is 5.80. The van der Waals surface area contributed by atoms with Crippen molar-refractivity contribution in [1.82, 2.24) is 5.32 Å². The predicted octanol–water partition coefficient (Wildman–Crippen LogP) is 0.671. The fourth-order valence-electron chi connectivity index (χ4n) is 1.23. The minimum absolute atomic E-state index is 0.0191. The van der Waals surface area contributed by atoms with Crippen LogP contribution >= 0.6 is 0 Å². The lowest BCUT2D eigenvalue weighted by Gasteiger charge is -2.04. The molecule has 0 heterocycles. The molecule has 0 aliphatic heterocycles. The Morgan fingerprint density at radius 2 is 2.00 bits per heavy atom. The Hall–Kier alpha value is -1.84. The lowest BCUT2D eigenvalue weighted by atomic mass is 10.1. The van der Waals surface area contributed by atoms with Gasteiger partial charge in [0.15, 0.2) is 0 Å². The van der Waals surface area contributed by atoms with Crippen LogP contribution in [0.2, 0.25) is 0 Å². The van der Waals surface area contributed by atoms with Gasteiger partial charge in [0.25, 0.3) is 0 Å². The maximum Gasteiger partial charge on any atom is 0.227 e. The Balaban J connectivity index is 2.22. The van der Waals surface area contributed by atoms with Gasteiger partial charge in [0.05, 0.1) is 12.3 Å². The summed E-state index contributed by atoms with van der Waals surface area (Å²) in [7, 11) is 0. The summed E-state index contributed by atoms with van der Waals surface area (Å²) in [5.41, 5.74) is 6.28. The van der Waals surface area contributed by atoms with Crippen molar-refractivity contribution in [2.24, 2.45) is 5.73 Å². The standard InChI is InChI=1S/C11H15N3O/c12-10(13)8-11(15)14-7-6-9-4-2-1-3-5-9/h1-5H,6-8H2,(H3,12,13)(H,14,15). The number of nitrogens with one attached hydrogen (secondary N) is 2. The molecule has 0 unspecified atom stereocenters. The largest absolute Gasteiger partial charge is 0.387 e. The van der Waals surface area contributed by atoms with Gasteiger partial charge in [-0.25, -0.2) is 0 Å². The van der Waals surface area contributed by atoms with Crippen molar-refractivity contribution in [3.8, 4) is 0 Å². The van der Waals surface area contributed by atoms with E-state index in [1.807, 2.05) is 30.3 Å². The number of carbonyl (C=O) groups is 1. The van der Waals surface area contributed by atoms with Crippen LogP contribution in [-0.2, 0) is 11.2 Å². The minimum Gasteiger partial charge on any atom is -0.387 e. The number of benzene rings is 1. The number of nitrogens with two attached hydrogens (primary N) is 1. The molecule has 15 heavy (non-hydrogen) atoms. The molecule has 4 N–H and O–H groups in total. The second-order valence-electron chi connectivity index (χ2n) is 3.29. The Morgan fingerprint density at radius 1 is 1.33 bits per heavy atom. The summed E-state index contributed by atoms with van der Waals surface area (Å²) in [4.78, 5) is 11.1. The van der Waals surface area contributed by atoms with Crippen LogP contribution in [0.3, 0.4) is 0 Å². The van der Waals surface area contributed by atoms with Crippen LogP contribution in [0, 0.1) is 5.41 Å². The molecule has 1 rings (SSSR count). The van der Waals surface area contributed by atoms with Gasteiger partial charge in [-0.3, -0.25) is 10.2 Å². The van der Waals surface area contributed by atoms with Gasteiger partial charge in [0, 0.05) is 6.54 Å².